The molecule has 0 atom stereocenters. The minimum Gasteiger partial charge on any atom is -0.477 e. The second-order valence-electron chi connectivity index (χ2n) is 3.82. The van der Waals surface area contributed by atoms with E-state index in [0.717, 1.165) is 6.07 Å². The van der Waals surface area contributed by atoms with Crippen molar-refractivity contribution in [2.45, 2.75) is 4.90 Å². The van der Waals surface area contributed by atoms with Crippen LogP contribution in [0.2, 0.25) is 0 Å². The van der Waals surface area contributed by atoms with Gasteiger partial charge >= 0.3 is 5.97 Å². The predicted molar refractivity (Wildman–Crippen MR) is 67.4 cm³/mol. The second kappa shape index (κ2) is 4.73. The molecule has 0 unspecified atom stereocenters. The van der Waals surface area contributed by atoms with Gasteiger partial charge in [0.25, 0.3) is 10.0 Å². The summed E-state index contributed by atoms with van der Waals surface area (Å²) >= 11 is 0. The monoisotopic (exact) mass is 281 g/mol. The van der Waals surface area contributed by atoms with Gasteiger partial charge in [0.1, 0.15) is 10.6 Å². The Labute approximate surface area is 109 Å². The van der Waals surface area contributed by atoms with Gasteiger partial charge in [-0.05, 0) is 18.2 Å². The van der Waals surface area contributed by atoms with Crippen molar-refractivity contribution in [3.8, 4) is 0 Å². The lowest BCUT2D eigenvalue weighted by molar-refractivity contribution is 0.0686. The lowest BCUT2D eigenvalue weighted by Gasteiger charge is -2.05. The summed E-state index contributed by atoms with van der Waals surface area (Å²) in [5.74, 6) is -1.19. The molecule has 2 aromatic heterocycles. The number of rotatable bonds is 4. The van der Waals surface area contributed by atoms with E-state index >= 15 is 0 Å². The van der Waals surface area contributed by atoms with Crippen molar-refractivity contribution >= 4 is 21.7 Å². The van der Waals surface area contributed by atoms with E-state index in [4.69, 9.17) is 5.11 Å². The average molecular weight is 281 g/mol. The highest BCUT2D eigenvalue weighted by Gasteiger charge is 2.20. The molecule has 2 aromatic rings. The summed E-state index contributed by atoms with van der Waals surface area (Å²) in [4.78, 5) is 14.5. The molecule has 7 nitrogen and oxygen atoms in total. The Bertz CT molecular complexity index is 707. The smallest absolute Gasteiger partial charge is 0.352 e. The first kappa shape index (κ1) is 13.1. The van der Waals surface area contributed by atoms with E-state index in [1.807, 2.05) is 0 Å². The number of nitrogens with one attached hydrogen (secondary N) is 1. The molecule has 2 rings (SSSR count). The molecule has 0 aliphatic rings. The van der Waals surface area contributed by atoms with Crippen LogP contribution in [0.1, 0.15) is 10.5 Å². The van der Waals surface area contributed by atoms with Gasteiger partial charge < -0.3 is 9.67 Å². The summed E-state index contributed by atoms with van der Waals surface area (Å²) in [5, 5.41) is 8.89. The number of carboxylic acids is 1. The summed E-state index contributed by atoms with van der Waals surface area (Å²) < 4.78 is 27.7. The second-order valence-corrected chi connectivity index (χ2v) is 5.50. The Kier molecular flexibility index (Phi) is 3.26. The van der Waals surface area contributed by atoms with Crippen molar-refractivity contribution in [1.82, 2.24) is 9.55 Å². The van der Waals surface area contributed by atoms with Gasteiger partial charge in [0, 0.05) is 25.6 Å². The summed E-state index contributed by atoms with van der Waals surface area (Å²) in [6, 6.07) is 4.10. The first-order chi connectivity index (χ1) is 8.90. The molecule has 0 aromatic carbocycles. The maximum Gasteiger partial charge on any atom is 0.352 e. The summed E-state index contributed by atoms with van der Waals surface area (Å²) in [5.41, 5.74) is 0.255. The molecule has 2 N–H and O–H groups in total. The number of nitrogens with zero attached hydrogens (tertiary/aromatic N) is 2. The van der Waals surface area contributed by atoms with Crippen LogP contribution in [0.5, 0.6) is 0 Å². The number of anilines is 1. The van der Waals surface area contributed by atoms with E-state index in [-0.39, 0.29) is 10.6 Å². The normalized spacial score (nSPS) is 11.2. The number of hydrogen-bond donors (Lipinski definition) is 2. The van der Waals surface area contributed by atoms with E-state index in [2.05, 4.69) is 9.71 Å². The molecule has 0 spiro atoms. The van der Waals surface area contributed by atoms with Crippen LogP contribution in [0.4, 0.5) is 5.69 Å². The average Bonchev–Trinajstić information content (AvgIpc) is 2.73. The molecule has 0 saturated carbocycles. The van der Waals surface area contributed by atoms with Crippen LogP contribution in [-0.4, -0.2) is 29.0 Å². The molecule has 100 valence electrons. The summed E-state index contributed by atoms with van der Waals surface area (Å²) in [6.45, 7) is 0. The fraction of sp³-hybridized carbons (Fsp3) is 0.0909. The van der Waals surface area contributed by atoms with Crippen molar-refractivity contribution in [3.63, 3.8) is 0 Å². The van der Waals surface area contributed by atoms with Crippen molar-refractivity contribution in [1.29, 1.82) is 0 Å². The maximum absolute atomic E-state index is 12.1. The Morgan fingerprint density at radius 2 is 2.00 bits per heavy atom. The molecule has 0 aliphatic heterocycles. The zero-order valence-corrected chi connectivity index (χ0v) is 10.8. The van der Waals surface area contributed by atoms with Crippen molar-refractivity contribution in [2.24, 2.45) is 7.05 Å². The van der Waals surface area contributed by atoms with E-state index in [9.17, 15) is 13.2 Å². The highest BCUT2D eigenvalue weighted by Crippen LogP contribution is 2.17. The lowest BCUT2D eigenvalue weighted by Crippen LogP contribution is -2.12. The van der Waals surface area contributed by atoms with Crippen LogP contribution < -0.4 is 4.72 Å². The maximum atomic E-state index is 12.1. The highest BCUT2D eigenvalue weighted by atomic mass is 32.2. The molecule has 0 saturated heterocycles. The van der Waals surface area contributed by atoms with E-state index in [0.29, 0.717) is 5.69 Å². The number of hydrogen-bond acceptors (Lipinski definition) is 4. The lowest BCUT2D eigenvalue weighted by atomic mass is 10.4. The molecule has 0 fully saturated rings. The third kappa shape index (κ3) is 2.74. The zero-order valence-electron chi connectivity index (χ0n) is 9.94. The number of carbonyl (C=O) groups is 1. The number of pyridine rings is 1. The first-order valence-electron chi connectivity index (χ1n) is 5.22. The number of aromatic nitrogens is 2. The SMILES string of the molecule is Cn1cc(S(=O)(=O)Nc2ccncc2)cc1C(=O)O. The topological polar surface area (TPSA) is 101 Å². The minimum atomic E-state index is -3.81. The Morgan fingerprint density at radius 1 is 1.37 bits per heavy atom. The number of sulfonamides is 1. The zero-order chi connectivity index (χ0) is 14.0. The molecule has 19 heavy (non-hydrogen) atoms. The quantitative estimate of drug-likeness (QED) is 0.867. The third-order valence-electron chi connectivity index (χ3n) is 2.44. The van der Waals surface area contributed by atoms with E-state index in [1.165, 1.54) is 42.3 Å². The summed E-state index contributed by atoms with van der Waals surface area (Å²) in [6.07, 6.45) is 4.14. The van der Waals surface area contributed by atoms with Gasteiger partial charge in [0.05, 0.1) is 5.69 Å². The Hall–Kier alpha value is -2.35. The van der Waals surface area contributed by atoms with E-state index in [1.54, 1.807) is 0 Å². The molecule has 8 heteroatoms. The summed E-state index contributed by atoms with van der Waals surface area (Å²) in [7, 11) is -2.34. The van der Waals surface area contributed by atoms with Crippen LogP contribution >= 0.6 is 0 Å². The number of aryl methyl sites for hydroxylation is 1. The fourth-order valence-electron chi connectivity index (χ4n) is 1.53. The van der Waals surface area contributed by atoms with Gasteiger partial charge in [-0.25, -0.2) is 13.2 Å². The third-order valence-corrected chi connectivity index (χ3v) is 3.79. The fourth-order valence-corrected chi connectivity index (χ4v) is 2.66. The van der Waals surface area contributed by atoms with Gasteiger partial charge in [0.15, 0.2) is 0 Å². The van der Waals surface area contributed by atoms with Crippen LogP contribution in [0.25, 0.3) is 0 Å². The van der Waals surface area contributed by atoms with Gasteiger partial charge in [-0.3, -0.25) is 9.71 Å². The molecule has 0 radical (unpaired) electrons. The van der Waals surface area contributed by atoms with Gasteiger partial charge in [-0.2, -0.15) is 0 Å². The van der Waals surface area contributed by atoms with Gasteiger partial charge in [-0.1, -0.05) is 0 Å². The number of aromatic carboxylic acids is 1. The Morgan fingerprint density at radius 3 is 2.53 bits per heavy atom. The molecule has 2 heterocycles. The standard InChI is InChI=1S/C11H11N3O4S/c1-14-7-9(6-10(14)11(15)16)19(17,18)13-8-2-4-12-5-3-8/h2-7H,1H3,(H,12,13)(H,15,16). The Balaban J connectivity index is 2.35. The minimum absolute atomic E-state index is 0.102. The van der Waals surface area contributed by atoms with Crippen molar-refractivity contribution < 1.29 is 18.3 Å². The van der Waals surface area contributed by atoms with Gasteiger partial charge in [-0.15, -0.1) is 0 Å². The highest BCUT2D eigenvalue weighted by molar-refractivity contribution is 7.92. The van der Waals surface area contributed by atoms with Crippen LogP contribution in [0.15, 0.2) is 41.7 Å². The van der Waals surface area contributed by atoms with Crippen LogP contribution in [0, 0.1) is 0 Å². The van der Waals surface area contributed by atoms with Gasteiger partial charge in [0.2, 0.25) is 0 Å². The van der Waals surface area contributed by atoms with E-state index < -0.39 is 16.0 Å². The molecule has 0 amide bonds. The predicted octanol–water partition coefficient (Wildman–Crippen LogP) is 0.919. The van der Waals surface area contributed by atoms with Crippen LogP contribution in [0.3, 0.4) is 0 Å². The number of carboxylic acid groups (broad SMARTS) is 1. The van der Waals surface area contributed by atoms with Crippen molar-refractivity contribution in [2.75, 3.05) is 4.72 Å². The van der Waals surface area contributed by atoms with Crippen molar-refractivity contribution in [3.05, 3.63) is 42.5 Å². The molecule has 0 bridgehead atoms. The molecule has 0 aliphatic carbocycles. The molecular formula is C11H11N3O4S. The largest absolute Gasteiger partial charge is 0.477 e. The first-order valence-corrected chi connectivity index (χ1v) is 6.71. The van der Waals surface area contributed by atoms with Crippen LogP contribution in [-0.2, 0) is 17.1 Å². The molecular weight excluding hydrogens is 270 g/mol.